The summed E-state index contributed by atoms with van der Waals surface area (Å²) in [5, 5.41) is 2.52. The third-order valence-electron chi connectivity index (χ3n) is 6.21. The summed E-state index contributed by atoms with van der Waals surface area (Å²) in [4.78, 5) is 27.6. The summed E-state index contributed by atoms with van der Waals surface area (Å²) in [7, 11) is 0. The van der Waals surface area contributed by atoms with Crippen molar-refractivity contribution in [3.8, 4) is 5.88 Å². The van der Waals surface area contributed by atoms with Gasteiger partial charge in [0.25, 0.3) is 6.43 Å². The van der Waals surface area contributed by atoms with E-state index in [9.17, 15) is 26.7 Å². The van der Waals surface area contributed by atoms with Crippen LogP contribution in [0.2, 0.25) is 0 Å². The number of pyridine rings is 2. The Bertz CT molecular complexity index is 1190. The maximum Gasteiger partial charge on any atom is 0.418 e. The predicted octanol–water partition coefficient (Wildman–Crippen LogP) is 6.69. The number of aromatic nitrogens is 4. The first kappa shape index (κ1) is 25.8. The van der Waals surface area contributed by atoms with Gasteiger partial charge in [-0.15, -0.1) is 0 Å². The number of halogens is 5. The predicted molar refractivity (Wildman–Crippen MR) is 123 cm³/mol. The van der Waals surface area contributed by atoms with Crippen LogP contribution < -0.4 is 10.1 Å². The molecular weight excluding hydrogens is 485 g/mol. The number of alkyl halides is 5. The number of carbonyl (C=O) groups excluding carboxylic acids is 1. The van der Waals surface area contributed by atoms with E-state index in [4.69, 9.17) is 4.74 Å². The van der Waals surface area contributed by atoms with Gasteiger partial charge >= 0.3 is 6.18 Å². The molecule has 1 aliphatic carbocycles. The lowest BCUT2D eigenvalue weighted by Crippen LogP contribution is -2.12. The minimum atomic E-state index is -4.62. The topological polar surface area (TPSA) is 92.8 Å². The van der Waals surface area contributed by atoms with Crippen LogP contribution in [0, 0.1) is 5.92 Å². The molecule has 36 heavy (non-hydrogen) atoms. The van der Waals surface area contributed by atoms with E-state index < -0.39 is 24.8 Å². The van der Waals surface area contributed by atoms with Crippen molar-refractivity contribution in [1.29, 1.82) is 0 Å². The van der Waals surface area contributed by atoms with Crippen molar-refractivity contribution in [1.82, 2.24) is 19.9 Å². The molecule has 0 aliphatic heterocycles. The molecule has 1 fully saturated rings. The maximum absolute atomic E-state index is 13.3. The first-order valence-electron chi connectivity index (χ1n) is 11.8. The zero-order valence-electron chi connectivity index (χ0n) is 19.4. The van der Waals surface area contributed by atoms with E-state index in [1.807, 2.05) is 0 Å². The molecule has 194 valence electrons. The van der Waals surface area contributed by atoms with Crippen LogP contribution in [0.15, 0.2) is 24.5 Å². The number of ketones is 1. The van der Waals surface area contributed by atoms with E-state index in [0.29, 0.717) is 12.3 Å². The Balaban J connectivity index is 1.56. The smallest absolute Gasteiger partial charge is 0.418 e. The van der Waals surface area contributed by atoms with Crippen LogP contribution in [-0.2, 0) is 6.18 Å². The molecule has 12 heteroatoms. The molecule has 0 radical (unpaired) electrons. The minimum absolute atomic E-state index is 0.00188. The summed E-state index contributed by atoms with van der Waals surface area (Å²) in [6.07, 6.45) is 2.35. The third-order valence-corrected chi connectivity index (χ3v) is 6.21. The number of fused-ring (bicyclic) bond motifs is 1. The molecule has 3 aromatic heterocycles. The van der Waals surface area contributed by atoms with Crippen LogP contribution in [0.3, 0.4) is 0 Å². The molecular formula is C24H26F5N5O2. The normalized spacial score (nSPS) is 14.9. The van der Waals surface area contributed by atoms with E-state index >= 15 is 0 Å². The molecule has 7 nitrogen and oxygen atoms in total. The van der Waals surface area contributed by atoms with Crippen LogP contribution in [-0.4, -0.2) is 38.8 Å². The zero-order valence-corrected chi connectivity index (χ0v) is 19.4. The lowest BCUT2D eigenvalue weighted by molar-refractivity contribution is -0.137. The van der Waals surface area contributed by atoms with Crippen LogP contribution in [0.25, 0.3) is 11.2 Å². The monoisotopic (exact) mass is 511 g/mol. The second kappa shape index (κ2) is 11.2. The van der Waals surface area contributed by atoms with Gasteiger partial charge in [0, 0.05) is 12.6 Å². The van der Waals surface area contributed by atoms with Gasteiger partial charge in [-0.2, -0.15) is 23.1 Å². The van der Waals surface area contributed by atoms with Crippen molar-refractivity contribution in [3.05, 3.63) is 35.7 Å². The maximum atomic E-state index is 13.3. The fourth-order valence-electron chi connectivity index (χ4n) is 4.47. The van der Waals surface area contributed by atoms with Crippen LogP contribution in [0.5, 0.6) is 5.88 Å². The van der Waals surface area contributed by atoms with Gasteiger partial charge in [-0.3, -0.25) is 9.78 Å². The molecule has 0 amide bonds. The molecule has 1 aliphatic rings. The number of H-pyrrole nitrogens is 1. The number of imidazole rings is 1. The number of carbonyl (C=O) groups is 1. The van der Waals surface area contributed by atoms with Gasteiger partial charge in [0.05, 0.1) is 28.5 Å². The fraction of sp³-hybridized carbons (Fsp3) is 0.500. The van der Waals surface area contributed by atoms with Crippen molar-refractivity contribution in [2.24, 2.45) is 5.92 Å². The number of hydrogen-bond acceptors (Lipinski definition) is 6. The number of Topliss-reactive ketones (excluding diaryl/α,β-unsaturated/α-hetero) is 1. The highest BCUT2D eigenvalue weighted by atomic mass is 19.4. The summed E-state index contributed by atoms with van der Waals surface area (Å²) in [6.45, 7) is -0.957. The number of nitrogens with zero attached hydrogens (tertiary/aromatic N) is 3. The average molecular weight is 511 g/mol. The highest BCUT2D eigenvalue weighted by molar-refractivity contribution is 6.00. The first-order valence-corrected chi connectivity index (χ1v) is 11.8. The number of nitrogens with one attached hydrogen (secondary N) is 2. The zero-order chi connectivity index (χ0) is 25.7. The average Bonchev–Trinajstić information content (AvgIpc) is 3.23. The lowest BCUT2D eigenvalue weighted by atomic mass is 9.85. The second-order valence-electron chi connectivity index (χ2n) is 8.86. The third kappa shape index (κ3) is 6.46. The molecule has 0 bridgehead atoms. The van der Waals surface area contributed by atoms with E-state index in [0.717, 1.165) is 37.7 Å². The Morgan fingerprint density at radius 3 is 2.69 bits per heavy atom. The van der Waals surface area contributed by atoms with Crippen molar-refractivity contribution in [3.63, 3.8) is 0 Å². The molecule has 2 N–H and O–H groups in total. The standard InChI is InChI=1S/C24H26F5N5O2/c25-20(26)13-36-22-15(19(35)8-4-7-14-5-2-1-3-6-14)11-17-21(33-22)34-23(31-17)32-18-12-30-10-9-16(18)24(27,28)29/h9-12,14,20H,1-8,13H2,(H2,31,32,33,34). The number of rotatable bonds is 10. The molecule has 1 saturated carbocycles. The van der Waals surface area contributed by atoms with Crippen molar-refractivity contribution in [2.45, 2.75) is 64.0 Å². The lowest BCUT2D eigenvalue weighted by Gasteiger charge is -2.21. The number of anilines is 2. The molecule has 3 heterocycles. The highest BCUT2D eigenvalue weighted by Gasteiger charge is 2.33. The van der Waals surface area contributed by atoms with Gasteiger partial charge in [0.1, 0.15) is 0 Å². The summed E-state index contributed by atoms with van der Waals surface area (Å²) in [5.74, 6) is -0.0733. The SMILES string of the molecule is O=C(CCCC1CCCCC1)c1cc2[nH]c(Nc3cnccc3C(F)(F)F)nc2nc1OCC(F)F. The van der Waals surface area contributed by atoms with E-state index in [2.05, 4.69) is 25.3 Å². The van der Waals surface area contributed by atoms with Gasteiger partial charge in [0.2, 0.25) is 11.8 Å². The Labute approximate surface area is 203 Å². The van der Waals surface area contributed by atoms with Crippen molar-refractivity contribution >= 4 is 28.6 Å². The van der Waals surface area contributed by atoms with Gasteiger partial charge in [-0.25, -0.2) is 8.78 Å². The quantitative estimate of drug-likeness (QED) is 0.233. The highest BCUT2D eigenvalue weighted by Crippen LogP contribution is 2.35. The van der Waals surface area contributed by atoms with E-state index in [-0.39, 0.29) is 46.4 Å². The number of ether oxygens (including phenoxy) is 1. The van der Waals surface area contributed by atoms with Gasteiger partial charge in [-0.1, -0.05) is 38.5 Å². The Morgan fingerprint density at radius 2 is 1.97 bits per heavy atom. The van der Waals surface area contributed by atoms with Crippen LogP contribution in [0.4, 0.5) is 33.6 Å². The van der Waals surface area contributed by atoms with Crippen molar-refractivity contribution < 1.29 is 31.5 Å². The van der Waals surface area contributed by atoms with E-state index in [1.54, 1.807) is 0 Å². The number of aromatic amines is 1. The molecule has 0 saturated heterocycles. The Morgan fingerprint density at radius 1 is 1.19 bits per heavy atom. The summed E-state index contributed by atoms with van der Waals surface area (Å²) in [5.41, 5.74) is -1.01. The molecule has 0 unspecified atom stereocenters. The van der Waals surface area contributed by atoms with Crippen LogP contribution in [0.1, 0.15) is 67.3 Å². The number of hydrogen-bond donors (Lipinski definition) is 2. The molecule has 0 spiro atoms. The van der Waals surface area contributed by atoms with Gasteiger partial charge < -0.3 is 15.0 Å². The van der Waals surface area contributed by atoms with E-state index in [1.165, 1.54) is 25.3 Å². The first-order chi connectivity index (χ1) is 17.2. The fourth-order valence-corrected chi connectivity index (χ4v) is 4.47. The largest absolute Gasteiger partial charge is 0.471 e. The summed E-state index contributed by atoms with van der Waals surface area (Å²) < 4.78 is 70.6. The Hall–Kier alpha value is -3.31. The van der Waals surface area contributed by atoms with Crippen molar-refractivity contribution in [2.75, 3.05) is 11.9 Å². The summed E-state index contributed by atoms with van der Waals surface area (Å²) in [6, 6.07) is 2.21. The van der Waals surface area contributed by atoms with Gasteiger partial charge in [-0.05, 0) is 24.5 Å². The minimum Gasteiger partial charge on any atom is -0.471 e. The molecule has 4 rings (SSSR count). The van der Waals surface area contributed by atoms with Crippen LogP contribution >= 0.6 is 0 Å². The van der Waals surface area contributed by atoms with Gasteiger partial charge in [0.15, 0.2) is 18.0 Å². The second-order valence-corrected chi connectivity index (χ2v) is 8.86. The molecule has 0 atom stereocenters. The molecule has 0 aromatic carbocycles. The molecule has 3 aromatic rings. The Kier molecular flexibility index (Phi) is 8.00. The summed E-state index contributed by atoms with van der Waals surface area (Å²) >= 11 is 0.